The summed E-state index contributed by atoms with van der Waals surface area (Å²) in [7, 11) is 5.20. The molecule has 1 unspecified atom stereocenters. The molecule has 0 bridgehead atoms. The van der Waals surface area contributed by atoms with E-state index in [0.29, 0.717) is 18.8 Å². The van der Waals surface area contributed by atoms with Crippen LogP contribution in [-0.4, -0.2) is 48.9 Å². The molecule has 0 saturated heterocycles. The third kappa shape index (κ3) is 3.37. The Balaban J connectivity index is 2.93. The van der Waals surface area contributed by atoms with E-state index >= 15 is 0 Å². The quantitative estimate of drug-likeness (QED) is 0.806. The van der Waals surface area contributed by atoms with Crippen LogP contribution in [0.4, 0.5) is 8.78 Å². The van der Waals surface area contributed by atoms with Crippen LogP contribution in [0.1, 0.15) is 11.7 Å². The van der Waals surface area contributed by atoms with Crippen molar-refractivity contribution in [1.82, 2.24) is 14.7 Å². The zero-order chi connectivity index (χ0) is 13.0. The number of nitrogens with two attached hydrogens (primary N) is 1. The average Bonchev–Trinajstić information content (AvgIpc) is 2.67. The molecule has 0 aliphatic carbocycles. The first-order valence-electron chi connectivity index (χ1n) is 5.25. The Morgan fingerprint density at radius 2 is 2.18 bits per heavy atom. The number of alkyl halides is 2. The smallest absolute Gasteiger partial charge is 0.259 e. The van der Waals surface area contributed by atoms with Gasteiger partial charge in [0.2, 0.25) is 0 Å². The van der Waals surface area contributed by atoms with Crippen molar-refractivity contribution in [3.8, 4) is 5.75 Å². The van der Waals surface area contributed by atoms with Crippen LogP contribution in [-0.2, 0) is 6.54 Å². The number of hydrogen-bond acceptors (Lipinski definition) is 4. The molecule has 1 aromatic rings. The second-order valence-corrected chi connectivity index (χ2v) is 3.98. The minimum absolute atomic E-state index is 0.240. The van der Waals surface area contributed by atoms with Crippen LogP contribution in [0.25, 0.3) is 0 Å². The van der Waals surface area contributed by atoms with Crippen LogP contribution in [0.3, 0.4) is 0 Å². The van der Waals surface area contributed by atoms with Gasteiger partial charge < -0.3 is 15.4 Å². The van der Waals surface area contributed by atoms with Gasteiger partial charge in [-0.3, -0.25) is 4.68 Å². The summed E-state index contributed by atoms with van der Waals surface area (Å²) < 4.78 is 31.8. The SMILES string of the molecule is COc1cnn(CCN(C)C)c1C(N)C(F)F. The van der Waals surface area contributed by atoms with E-state index in [0.717, 1.165) is 0 Å². The van der Waals surface area contributed by atoms with Crippen molar-refractivity contribution in [1.29, 1.82) is 0 Å². The summed E-state index contributed by atoms with van der Waals surface area (Å²) in [5, 5.41) is 4.01. The number of hydrogen-bond donors (Lipinski definition) is 1. The highest BCUT2D eigenvalue weighted by Gasteiger charge is 2.26. The maximum atomic E-state index is 12.7. The number of ether oxygens (including phenoxy) is 1. The van der Waals surface area contributed by atoms with Crippen molar-refractivity contribution in [3.63, 3.8) is 0 Å². The molecular weight excluding hydrogens is 230 g/mol. The van der Waals surface area contributed by atoms with Crippen molar-refractivity contribution >= 4 is 0 Å². The monoisotopic (exact) mass is 248 g/mol. The van der Waals surface area contributed by atoms with Gasteiger partial charge in [-0.15, -0.1) is 0 Å². The zero-order valence-electron chi connectivity index (χ0n) is 10.2. The summed E-state index contributed by atoms with van der Waals surface area (Å²) in [5.41, 5.74) is 5.70. The molecule has 5 nitrogen and oxygen atoms in total. The lowest BCUT2D eigenvalue weighted by Gasteiger charge is -2.16. The van der Waals surface area contributed by atoms with Crippen LogP contribution >= 0.6 is 0 Å². The van der Waals surface area contributed by atoms with Crippen molar-refractivity contribution in [2.45, 2.75) is 19.0 Å². The first kappa shape index (κ1) is 13.9. The van der Waals surface area contributed by atoms with Crippen LogP contribution in [0.5, 0.6) is 5.75 Å². The van der Waals surface area contributed by atoms with Gasteiger partial charge in [0.05, 0.1) is 19.9 Å². The zero-order valence-corrected chi connectivity index (χ0v) is 10.2. The van der Waals surface area contributed by atoms with E-state index in [1.807, 2.05) is 19.0 Å². The molecule has 1 aromatic heterocycles. The predicted molar refractivity (Wildman–Crippen MR) is 60.3 cm³/mol. The number of rotatable bonds is 6. The van der Waals surface area contributed by atoms with Gasteiger partial charge in [-0.1, -0.05) is 0 Å². The summed E-state index contributed by atoms with van der Waals surface area (Å²) in [6.45, 7) is 1.18. The van der Waals surface area contributed by atoms with E-state index in [-0.39, 0.29) is 5.69 Å². The summed E-state index contributed by atoms with van der Waals surface area (Å²) in [4.78, 5) is 1.94. The molecular formula is C10H18F2N4O. The molecule has 0 aliphatic heterocycles. The summed E-state index contributed by atoms with van der Waals surface area (Å²) >= 11 is 0. The van der Waals surface area contributed by atoms with E-state index in [2.05, 4.69) is 5.10 Å². The van der Waals surface area contributed by atoms with E-state index in [1.54, 1.807) is 0 Å². The third-order valence-electron chi connectivity index (χ3n) is 2.41. The highest BCUT2D eigenvalue weighted by molar-refractivity contribution is 5.28. The molecule has 1 heterocycles. The van der Waals surface area contributed by atoms with E-state index in [9.17, 15) is 8.78 Å². The van der Waals surface area contributed by atoms with Crippen LogP contribution in [0.2, 0.25) is 0 Å². The molecule has 7 heteroatoms. The van der Waals surface area contributed by atoms with Crippen molar-refractivity contribution in [2.24, 2.45) is 5.73 Å². The molecule has 0 fully saturated rings. The predicted octanol–water partition coefficient (Wildman–Crippen LogP) is 0.718. The fourth-order valence-corrected chi connectivity index (χ4v) is 1.46. The first-order valence-corrected chi connectivity index (χ1v) is 5.25. The Labute approximate surface area is 99.1 Å². The van der Waals surface area contributed by atoms with Gasteiger partial charge in [0, 0.05) is 6.54 Å². The highest BCUT2D eigenvalue weighted by atomic mass is 19.3. The van der Waals surface area contributed by atoms with Gasteiger partial charge in [-0.2, -0.15) is 5.10 Å². The van der Waals surface area contributed by atoms with Crippen LogP contribution in [0, 0.1) is 0 Å². The molecule has 0 amide bonds. The lowest BCUT2D eigenvalue weighted by molar-refractivity contribution is 0.111. The van der Waals surface area contributed by atoms with Crippen molar-refractivity contribution in [3.05, 3.63) is 11.9 Å². The molecule has 0 spiro atoms. The normalized spacial score (nSPS) is 13.4. The highest BCUT2D eigenvalue weighted by Crippen LogP contribution is 2.27. The lowest BCUT2D eigenvalue weighted by Crippen LogP contribution is -2.26. The van der Waals surface area contributed by atoms with Gasteiger partial charge in [-0.05, 0) is 14.1 Å². The molecule has 0 saturated carbocycles. The minimum Gasteiger partial charge on any atom is -0.493 e. The Morgan fingerprint density at radius 1 is 1.53 bits per heavy atom. The molecule has 17 heavy (non-hydrogen) atoms. The molecule has 1 atom stereocenters. The number of methoxy groups -OCH3 is 1. The van der Waals surface area contributed by atoms with Crippen LogP contribution < -0.4 is 10.5 Å². The second kappa shape index (κ2) is 5.92. The topological polar surface area (TPSA) is 56.3 Å². The third-order valence-corrected chi connectivity index (χ3v) is 2.41. The molecule has 0 aliphatic rings. The number of nitrogens with zero attached hydrogens (tertiary/aromatic N) is 3. The van der Waals surface area contributed by atoms with E-state index < -0.39 is 12.5 Å². The molecule has 2 N–H and O–H groups in total. The standard InChI is InChI=1S/C10H18F2N4O/c1-15(2)4-5-16-9(8(13)10(11)12)7(17-3)6-14-16/h6,8,10H,4-5,13H2,1-3H3. The largest absolute Gasteiger partial charge is 0.493 e. The number of halogens is 2. The maximum Gasteiger partial charge on any atom is 0.259 e. The van der Waals surface area contributed by atoms with Crippen LogP contribution in [0.15, 0.2) is 6.20 Å². The first-order chi connectivity index (χ1) is 7.97. The molecule has 0 aromatic carbocycles. The second-order valence-electron chi connectivity index (χ2n) is 3.98. The van der Waals surface area contributed by atoms with Gasteiger partial charge in [-0.25, -0.2) is 8.78 Å². The van der Waals surface area contributed by atoms with E-state index in [1.165, 1.54) is 18.0 Å². The Hall–Kier alpha value is -1.21. The minimum atomic E-state index is -2.64. The Bertz CT molecular complexity index is 354. The van der Waals surface area contributed by atoms with E-state index in [4.69, 9.17) is 10.5 Å². The molecule has 98 valence electrons. The molecule has 0 radical (unpaired) electrons. The van der Waals surface area contributed by atoms with Gasteiger partial charge >= 0.3 is 0 Å². The Morgan fingerprint density at radius 3 is 2.65 bits per heavy atom. The van der Waals surface area contributed by atoms with Gasteiger partial charge in [0.25, 0.3) is 6.43 Å². The van der Waals surface area contributed by atoms with Gasteiger partial charge in [0.1, 0.15) is 11.7 Å². The fraction of sp³-hybridized carbons (Fsp3) is 0.700. The van der Waals surface area contributed by atoms with Gasteiger partial charge in [0.15, 0.2) is 5.75 Å². The Kier molecular flexibility index (Phi) is 4.83. The number of aromatic nitrogens is 2. The average molecular weight is 248 g/mol. The molecule has 1 rings (SSSR count). The van der Waals surface area contributed by atoms with Crippen molar-refractivity contribution in [2.75, 3.05) is 27.7 Å². The summed E-state index contributed by atoms with van der Waals surface area (Å²) in [6, 6.07) is -1.38. The number of likely N-dealkylation sites (N-methyl/N-ethyl adjacent to an activating group) is 1. The summed E-state index contributed by atoms with van der Waals surface area (Å²) in [6.07, 6.45) is -1.23. The maximum absolute atomic E-state index is 12.7. The van der Waals surface area contributed by atoms with Crippen molar-refractivity contribution < 1.29 is 13.5 Å². The lowest BCUT2D eigenvalue weighted by atomic mass is 10.2. The summed E-state index contributed by atoms with van der Waals surface area (Å²) in [5.74, 6) is 0.302. The fourth-order valence-electron chi connectivity index (χ4n) is 1.46.